The molecular weight excluding hydrogens is 1850 g/mol. The number of aromatic nitrogens is 20. The lowest BCUT2D eigenvalue weighted by molar-refractivity contribution is 0.102. The summed E-state index contributed by atoms with van der Waals surface area (Å²) in [5.41, 5.74) is 35.6. The zero-order valence-corrected chi connectivity index (χ0v) is 82.0. The highest BCUT2D eigenvalue weighted by atomic mass is 16.5. The molecule has 50 nitrogen and oxygen atoms in total. The summed E-state index contributed by atoms with van der Waals surface area (Å²) in [5.74, 6) is 5.03. The Morgan fingerprint density at radius 2 is 0.646 bits per heavy atom. The van der Waals surface area contributed by atoms with Crippen molar-refractivity contribution in [3.8, 4) is 28.7 Å². The van der Waals surface area contributed by atoms with Crippen molar-refractivity contribution < 1.29 is 47.7 Å². The van der Waals surface area contributed by atoms with Crippen LogP contribution in [0.4, 0.5) is 86.6 Å². The van der Waals surface area contributed by atoms with E-state index < -0.39 is 29.5 Å². The van der Waals surface area contributed by atoms with Crippen molar-refractivity contribution in [1.82, 2.24) is 123 Å². The Balaban J connectivity index is 0.000000129. The maximum absolute atomic E-state index is 13.1. The SMILES string of the molecule is CC(C)Oc1ccncc1NC(=O)c1c(N)nn2ccc(N3CCN(C)CC3)nc12.CNC1CCN(c2ccn3nc(N)c(C(=O)Nc4cnccc4OC)c3n2)C1.COc1ccncc1NC(=O)c1c(N)nn2ccc(N3CCC(N(C)C)CC3)nc12.COc1ccncc1NC(=O)c1c(N)nn2ccc(N3CCN(C)CC3)nc12.COc1ccncc1NC(=O)c1c(N)nn2ccc(N3CCNC(C)C3)nc12. The smallest absolute Gasteiger partial charge is 0.263 e. The predicted molar refractivity (Wildman–Crippen MR) is 548 cm³/mol. The van der Waals surface area contributed by atoms with Gasteiger partial charge in [-0.1, -0.05) is 0 Å². The summed E-state index contributed by atoms with van der Waals surface area (Å²) in [5, 5.41) is 41.8. The molecule has 15 aromatic heterocycles. The van der Waals surface area contributed by atoms with Crippen LogP contribution in [-0.4, -0.2) is 328 Å². The second-order valence-electron chi connectivity index (χ2n) is 35.0. The molecule has 0 aliphatic carbocycles. The largest absolute Gasteiger partial charge is 0.494 e. The van der Waals surface area contributed by atoms with Gasteiger partial charge in [0.05, 0.1) is 65.5 Å². The van der Waals surface area contributed by atoms with Gasteiger partial charge in [-0.2, -0.15) is 0 Å². The molecule has 0 spiro atoms. The van der Waals surface area contributed by atoms with Gasteiger partial charge in [0.2, 0.25) is 0 Å². The number of methoxy groups -OCH3 is 4. The van der Waals surface area contributed by atoms with Crippen molar-refractivity contribution in [2.24, 2.45) is 0 Å². The van der Waals surface area contributed by atoms with Crippen molar-refractivity contribution in [3.63, 3.8) is 0 Å². The first-order valence-electron chi connectivity index (χ1n) is 46.7. The Bertz CT molecular complexity index is 6940. The second-order valence-corrected chi connectivity index (χ2v) is 35.0. The Kier molecular flexibility index (Phi) is 31.3. The van der Waals surface area contributed by atoms with Crippen LogP contribution in [0.1, 0.15) is 91.8 Å². The monoisotopic (exact) mass is 1970 g/mol. The third-order valence-corrected chi connectivity index (χ3v) is 24.8. The summed E-state index contributed by atoms with van der Waals surface area (Å²) >= 11 is 0. The molecule has 17 N–H and O–H groups in total. The minimum atomic E-state index is -0.419. The van der Waals surface area contributed by atoms with Gasteiger partial charge in [0.1, 0.15) is 114 Å². The van der Waals surface area contributed by atoms with Gasteiger partial charge in [0.15, 0.2) is 57.3 Å². The van der Waals surface area contributed by atoms with Crippen LogP contribution in [0.25, 0.3) is 28.2 Å². The summed E-state index contributed by atoms with van der Waals surface area (Å²) in [7, 11) is 16.5. The van der Waals surface area contributed by atoms with Crippen molar-refractivity contribution in [3.05, 3.63) is 181 Å². The number of anilines is 15. The average Bonchev–Trinajstić information content (AvgIpc) is 1.65. The molecule has 0 bridgehead atoms. The number of carbonyl (C=O) groups excluding carboxylic acids is 5. The van der Waals surface area contributed by atoms with Crippen LogP contribution >= 0.6 is 0 Å². The molecule has 15 aromatic rings. The Hall–Kier alpha value is -17.0. The van der Waals surface area contributed by atoms with E-state index in [9.17, 15) is 24.0 Å². The standard InChI is InChI=1S/2C20H26N8O2.3C18H22N8O2/c1-26(2)13-5-9-27(10-6-13)16-7-11-28-19(24-16)17(18(21)25-28)20(29)23-14-12-22-8-4-15(14)30-3;1-13(2)30-15-4-6-22-12-14(15)23-20(29)17-18(21)25-28-7-5-16(24-19(17)28)27-10-8-26(3)9-11-27;1-20-11-4-7-25(10-11)14-5-8-26-17(23-14)15(16(19)24-26)18(27)22-12-9-21-6-3-13(12)28-2;1-11-10-25(8-6-21-11)14-4-7-26-17(23-14)15(16(19)24-26)18(27)22-12-9-20-5-3-13(12)28-2;1-24-7-9-25(10-8-24)14-4-6-26-17(22-14)15(16(19)23-26)18(27)21-12-11-20-5-3-13(12)28-2/h4,7-8,11-13H,5-6,9-10H2,1-3H3,(H2,21,25)(H,23,29);4-7,12-13H,8-11H2,1-3H3,(H2,21,25)(H,23,29);3,5-6,8-9,11,20H,4,7,10H2,1-2H3,(H2,19,24)(H,22,27);3-5,7,9,11,21H,6,8,10H2,1-2H3,(H2,19,24)(H,22,27);3-6,11H,7-10H2,1-2H3,(H2,19,23)(H,21,27). The zero-order valence-electron chi connectivity index (χ0n) is 82.0. The van der Waals surface area contributed by atoms with Crippen LogP contribution in [0.15, 0.2) is 154 Å². The molecule has 20 rings (SSSR count). The number of piperazine rings is 3. The molecular formula is C94H118N40O10. The number of pyridine rings is 5. The number of nitrogens with two attached hydrogens (primary N) is 5. The Morgan fingerprint density at radius 3 is 0.917 bits per heavy atom. The molecule has 0 radical (unpaired) electrons. The highest BCUT2D eigenvalue weighted by Crippen LogP contribution is 2.35. The topological polar surface area (TPSA) is 587 Å². The highest BCUT2D eigenvalue weighted by Gasteiger charge is 2.33. The van der Waals surface area contributed by atoms with Gasteiger partial charge < -0.3 is 129 Å². The van der Waals surface area contributed by atoms with E-state index in [0.717, 1.165) is 147 Å². The molecule has 144 heavy (non-hydrogen) atoms. The Morgan fingerprint density at radius 1 is 0.375 bits per heavy atom. The maximum Gasteiger partial charge on any atom is 0.263 e. The fourth-order valence-corrected chi connectivity index (χ4v) is 17.1. The van der Waals surface area contributed by atoms with Gasteiger partial charge in [-0.25, -0.2) is 47.5 Å². The first kappa shape index (κ1) is 100.0. The molecule has 5 amide bonds. The van der Waals surface area contributed by atoms with Crippen LogP contribution < -0.4 is 114 Å². The molecule has 2 unspecified atom stereocenters. The number of nitrogen functional groups attached to an aromatic ring is 5. The van der Waals surface area contributed by atoms with Crippen molar-refractivity contribution in [2.45, 2.75) is 64.3 Å². The summed E-state index contributed by atoms with van der Waals surface area (Å²) in [6.45, 7) is 19.4. The highest BCUT2D eigenvalue weighted by molar-refractivity contribution is 6.15. The quantitative estimate of drug-likeness (QED) is 0.0389. The van der Waals surface area contributed by atoms with Gasteiger partial charge >= 0.3 is 0 Å². The molecule has 5 aliphatic heterocycles. The summed E-state index contributed by atoms with van der Waals surface area (Å²) in [6, 6.07) is 19.2. The second kappa shape index (κ2) is 45.1. The van der Waals surface area contributed by atoms with Crippen LogP contribution in [0.5, 0.6) is 28.7 Å². The van der Waals surface area contributed by atoms with E-state index in [-0.39, 0.29) is 63.0 Å². The lowest BCUT2D eigenvalue weighted by Crippen LogP contribution is -2.49. The molecule has 0 saturated carbocycles. The van der Waals surface area contributed by atoms with Gasteiger partial charge in [0, 0.05) is 209 Å². The lowest BCUT2D eigenvalue weighted by atomic mass is 10.0. The molecule has 754 valence electrons. The van der Waals surface area contributed by atoms with E-state index in [1.54, 1.807) is 98.5 Å². The number of hydrogen-bond acceptors (Lipinski definition) is 40. The van der Waals surface area contributed by atoms with E-state index in [0.29, 0.717) is 104 Å². The Labute approximate surface area is 827 Å². The average molecular weight is 1970 g/mol. The van der Waals surface area contributed by atoms with Crippen molar-refractivity contribution >= 4 is 144 Å². The predicted octanol–water partition coefficient (Wildman–Crippen LogP) is 5.25. The van der Waals surface area contributed by atoms with E-state index in [4.69, 9.17) is 62.3 Å². The number of nitrogens with zero attached hydrogens (tertiary/aromatic N) is 28. The third-order valence-electron chi connectivity index (χ3n) is 24.8. The van der Waals surface area contributed by atoms with Crippen molar-refractivity contribution in [2.75, 3.05) is 242 Å². The van der Waals surface area contributed by atoms with Crippen LogP contribution in [0, 0.1) is 0 Å². The lowest BCUT2D eigenvalue weighted by Gasteiger charge is -2.35. The van der Waals surface area contributed by atoms with Gasteiger partial charge in [-0.15, -0.1) is 25.5 Å². The first-order valence-corrected chi connectivity index (χ1v) is 46.7. The number of rotatable bonds is 23. The van der Waals surface area contributed by atoms with Gasteiger partial charge in [0.25, 0.3) is 29.5 Å². The zero-order chi connectivity index (χ0) is 102. The molecule has 5 saturated heterocycles. The summed E-state index contributed by atoms with van der Waals surface area (Å²) in [4.78, 5) is 126. The van der Waals surface area contributed by atoms with Crippen LogP contribution in [0.2, 0.25) is 0 Å². The molecule has 5 fully saturated rings. The fraction of sp³-hybridized carbons (Fsp3) is 0.362. The number of amides is 5. The number of ether oxygens (including phenoxy) is 5. The number of nitrogens with one attached hydrogen (secondary N) is 7. The fourth-order valence-electron chi connectivity index (χ4n) is 17.1. The minimum Gasteiger partial charge on any atom is -0.494 e. The summed E-state index contributed by atoms with van der Waals surface area (Å²) in [6.07, 6.45) is 27.6. The molecule has 2 atom stereocenters. The maximum atomic E-state index is 13.1. The van der Waals surface area contributed by atoms with Crippen LogP contribution in [0.3, 0.4) is 0 Å². The molecule has 0 aromatic carbocycles. The van der Waals surface area contributed by atoms with E-state index >= 15 is 0 Å². The first-order chi connectivity index (χ1) is 69.6. The van der Waals surface area contributed by atoms with E-state index in [1.165, 1.54) is 75.8 Å². The number of hydrogen-bond donors (Lipinski definition) is 12. The number of piperidine rings is 1. The minimum absolute atomic E-state index is 0.0436. The normalized spacial score (nSPS) is 15.7. The third kappa shape index (κ3) is 22.9. The number of likely N-dealkylation sites (N-methyl/N-ethyl adjacent to an activating group) is 3. The van der Waals surface area contributed by atoms with E-state index in [2.05, 4.69) is 177 Å². The molecule has 20 heterocycles. The molecule has 50 heteroatoms. The van der Waals surface area contributed by atoms with Gasteiger partial charge in [-0.3, -0.25) is 48.9 Å². The molecule has 5 aliphatic rings. The van der Waals surface area contributed by atoms with Gasteiger partial charge in [-0.05, 0) is 106 Å². The number of fused-ring (bicyclic) bond motifs is 5. The van der Waals surface area contributed by atoms with E-state index in [1.807, 2.05) is 51.2 Å². The summed E-state index contributed by atoms with van der Waals surface area (Å²) < 4.78 is 34.4. The number of carbonyl (C=O) groups is 5. The van der Waals surface area contributed by atoms with Crippen LogP contribution in [-0.2, 0) is 0 Å². The van der Waals surface area contributed by atoms with Crippen molar-refractivity contribution in [1.29, 1.82) is 0 Å².